The zero-order valence-corrected chi connectivity index (χ0v) is 14.3. The van der Waals surface area contributed by atoms with Gasteiger partial charge in [-0.2, -0.15) is 0 Å². The number of nitrogens with zero attached hydrogens (tertiary/aromatic N) is 1. The highest BCUT2D eigenvalue weighted by Crippen LogP contribution is 2.43. The van der Waals surface area contributed by atoms with Crippen LogP contribution in [0.15, 0.2) is 24.3 Å². The van der Waals surface area contributed by atoms with Crippen molar-refractivity contribution in [1.29, 1.82) is 0 Å². The summed E-state index contributed by atoms with van der Waals surface area (Å²) in [5, 5.41) is 20.2. The summed E-state index contributed by atoms with van der Waals surface area (Å²) in [6, 6.07) is 7.52. The second-order valence-corrected chi connectivity index (χ2v) is 7.17. The molecule has 0 amide bonds. The Balaban J connectivity index is 1.55. The average molecular weight is 333 g/mol. The number of Topliss-reactive ketones (excluding diaryl/α,β-unsaturated/α-hetero) is 1. The first-order valence-electron chi connectivity index (χ1n) is 8.83. The zero-order chi connectivity index (χ0) is 17.2. The van der Waals surface area contributed by atoms with Crippen LogP contribution in [0.25, 0.3) is 0 Å². The van der Waals surface area contributed by atoms with E-state index in [1.54, 1.807) is 24.3 Å². The number of ether oxygens (including phenoxy) is 1. The Labute approximate surface area is 143 Å². The van der Waals surface area contributed by atoms with E-state index in [1.807, 2.05) is 0 Å². The Bertz CT molecular complexity index is 575. The maximum absolute atomic E-state index is 11.4. The average Bonchev–Trinajstić information content (AvgIpc) is 3.36. The van der Waals surface area contributed by atoms with Crippen LogP contribution in [0.5, 0.6) is 5.75 Å². The SMILES string of the molecule is CC(=O)c1cccc(OCC(O)CN(C2CC2)C2(CO)CCC2)c1. The van der Waals surface area contributed by atoms with E-state index in [0.29, 0.717) is 23.9 Å². The first-order valence-corrected chi connectivity index (χ1v) is 8.83. The maximum atomic E-state index is 11.4. The summed E-state index contributed by atoms with van der Waals surface area (Å²) < 4.78 is 5.67. The van der Waals surface area contributed by atoms with Crippen molar-refractivity contribution in [3.8, 4) is 5.75 Å². The van der Waals surface area contributed by atoms with Crippen molar-refractivity contribution in [3.63, 3.8) is 0 Å². The number of aliphatic hydroxyl groups excluding tert-OH is 2. The van der Waals surface area contributed by atoms with Crippen molar-refractivity contribution >= 4 is 5.78 Å². The van der Waals surface area contributed by atoms with Crippen molar-refractivity contribution in [2.75, 3.05) is 19.8 Å². The first-order chi connectivity index (χ1) is 11.5. The van der Waals surface area contributed by atoms with E-state index in [4.69, 9.17) is 4.74 Å². The maximum Gasteiger partial charge on any atom is 0.159 e. The van der Waals surface area contributed by atoms with E-state index in [0.717, 1.165) is 32.1 Å². The molecule has 1 unspecified atom stereocenters. The molecule has 3 rings (SSSR count). The standard InChI is InChI=1S/C19H27NO4/c1-14(22)15-4-2-5-18(10-15)24-12-17(23)11-20(16-6-7-16)19(13-21)8-3-9-19/h2,4-5,10,16-17,21,23H,3,6-9,11-13H2,1H3. The van der Waals surface area contributed by atoms with Crippen molar-refractivity contribution < 1.29 is 19.7 Å². The molecule has 0 heterocycles. The van der Waals surface area contributed by atoms with Crippen LogP contribution in [0.2, 0.25) is 0 Å². The smallest absolute Gasteiger partial charge is 0.159 e. The second kappa shape index (κ2) is 7.21. The molecule has 2 saturated carbocycles. The van der Waals surface area contributed by atoms with Gasteiger partial charge in [-0.05, 0) is 51.2 Å². The zero-order valence-electron chi connectivity index (χ0n) is 14.3. The third-order valence-corrected chi connectivity index (χ3v) is 5.27. The van der Waals surface area contributed by atoms with Gasteiger partial charge >= 0.3 is 0 Å². The molecule has 2 N–H and O–H groups in total. The lowest BCUT2D eigenvalue weighted by Crippen LogP contribution is -2.59. The Kier molecular flexibility index (Phi) is 5.23. The number of β-amino-alcohol motifs (C(OH)–C–C–N with tert-alkyl or cyclic N) is 1. The van der Waals surface area contributed by atoms with Crippen molar-refractivity contribution in [2.45, 2.75) is 56.7 Å². The predicted molar refractivity (Wildman–Crippen MR) is 91.3 cm³/mol. The fourth-order valence-electron chi connectivity index (χ4n) is 3.51. The van der Waals surface area contributed by atoms with Gasteiger partial charge in [0.2, 0.25) is 0 Å². The first kappa shape index (κ1) is 17.4. The van der Waals surface area contributed by atoms with Gasteiger partial charge in [0.25, 0.3) is 0 Å². The summed E-state index contributed by atoms with van der Waals surface area (Å²) >= 11 is 0. The van der Waals surface area contributed by atoms with Crippen LogP contribution in [0.1, 0.15) is 49.4 Å². The van der Waals surface area contributed by atoms with E-state index in [2.05, 4.69) is 4.90 Å². The van der Waals surface area contributed by atoms with Gasteiger partial charge in [-0.25, -0.2) is 0 Å². The number of aliphatic hydroxyl groups is 2. The number of hydrogen-bond acceptors (Lipinski definition) is 5. The molecule has 0 bridgehead atoms. The molecule has 2 aliphatic rings. The predicted octanol–water partition coefficient (Wildman–Crippen LogP) is 2.01. The summed E-state index contributed by atoms with van der Waals surface area (Å²) in [6.07, 6.45) is 4.85. The molecule has 2 fully saturated rings. The van der Waals surface area contributed by atoms with Crippen LogP contribution in [-0.4, -0.2) is 58.3 Å². The summed E-state index contributed by atoms with van der Waals surface area (Å²) in [5.74, 6) is 0.594. The molecular formula is C19H27NO4. The summed E-state index contributed by atoms with van der Waals surface area (Å²) in [7, 11) is 0. The molecule has 0 radical (unpaired) electrons. The van der Waals surface area contributed by atoms with Crippen molar-refractivity contribution in [3.05, 3.63) is 29.8 Å². The summed E-state index contributed by atoms with van der Waals surface area (Å²) in [4.78, 5) is 13.7. The van der Waals surface area contributed by atoms with Gasteiger partial charge in [0.1, 0.15) is 18.5 Å². The molecule has 5 nitrogen and oxygen atoms in total. The van der Waals surface area contributed by atoms with Gasteiger partial charge in [0.15, 0.2) is 5.78 Å². The molecule has 24 heavy (non-hydrogen) atoms. The van der Waals surface area contributed by atoms with Crippen LogP contribution in [-0.2, 0) is 0 Å². The molecule has 0 spiro atoms. The van der Waals surface area contributed by atoms with Crippen molar-refractivity contribution in [2.24, 2.45) is 0 Å². The van der Waals surface area contributed by atoms with Gasteiger partial charge in [0, 0.05) is 23.7 Å². The lowest BCUT2D eigenvalue weighted by molar-refractivity contribution is -0.0603. The Morgan fingerprint density at radius 2 is 2.17 bits per heavy atom. The third-order valence-electron chi connectivity index (χ3n) is 5.27. The second-order valence-electron chi connectivity index (χ2n) is 7.17. The summed E-state index contributed by atoms with van der Waals surface area (Å²) in [5.41, 5.74) is 0.478. The molecular weight excluding hydrogens is 306 g/mol. The van der Waals surface area contributed by atoms with Gasteiger partial charge in [-0.15, -0.1) is 0 Å². The molecule has 5 heteroatoms. The minimum absolute atomic E-state index is 0.00391. The fourth-order valence-corrected chi connectivity index (χ4v) is 3.51. The van der Waals surface area contributed by atoms with E-state index in [1.165, 1.54) is 6.92 Å². The number of rotatable bonds is 9. The monoisotopic (exact) mass is 333 g/mol. The number of benzene rings is 1. The molecule has 0 aliphatic heterocycles. The number of carbonyl (C=O) groups excluding carboxylic acids is 1. The normalized spacial score (nSPS) is 20.5. The molecule has 0 saturated heterocycles. The molecule has 1 aromatic rings. The van der Waals surface area contributed by atoms with Gasteiger partial charge in [-0.1, -0.05) is 12.1 Å². The van der Waals surface area contributed by atoms with Crippen LogP contribution >= 0.6 is 0 Å². The molecule has 132 valence electrons. The number of hydrogen-bond donors (Lipinski definition) is 2. The van der Waals surface area contributed by atoms with E-state index in [-0.39, 0.29) is 24.5 Å². The lowest BCUT2D eigenvalue weighted by atomic mass is 9.75. The van der Waals surface area contributed by atoms with Crippen molar-refractivity contribution in [1.82, 2.24) is 4.90 Å². The number of ketones is 1. The summed E-state index contributed by atoms with van der Waals surface area (Å²) in [6.45, 7) is 2.40. The van der Waals surface area contributed by atoms with Gasteiger partial charge in [-0.3, -0.25) is 9.69 Å². The minimum Gasteiger partial charge on any atom is -0.491 e. The Hall–Kier alpha value is -1.43. The Morgan fingerprint density at radius 1 is 1.42 bits per heavy atom. The Morgan fingerprint density at radius 3 is 2.71 bits per heavy atom. The minimum atomic E-state index is -0.615. The van der Waals surface area contributed by atoms with Crippen LogP contribution in [0.4, 0.5) is 0 Å². The van der Waals surface area contributed by atoms with E-state index >= 15 is 0 Å². The quantitative estimate of drug-likeness (QED) is 0.677. The third kappa shape index (κ3) is 3.79. The largest absolute Gasteiger partial charge is 0.491 e. The number of carbonyl (C=O) groups is 1. The molecule has 1 atom stereocenters. The van der Waals surface area contributed by atoms with Crippen LogP contribution in [0.3, 0.4) is 0 Å². The highest BCUT2D eigenvalue weighted by Gasteiger charge is 2.48. The van der Waals surface area contributed by atoms with Gasteiger partial charge in [0.05, 0.1) is 6.61 Å². The molecule has 1 aromatic carbocycles. The van der Waals surface area contributed by atoms with Crippen LogP contribution in [0, 0.1) is 0 Å². The van der Waals surface area contributed by atoms with Gasteiger partial charge < -0.3 is 14.9 Å². The highest BCUT2D eigenvalue weighted by molar-refractivity contribution is 5.94. The lowest BCUT2D eigenvalue weighted by Gasteiger charge is -2.50. The topological polar surface area (TPSA) is 70.0 Å². The fraction of sp³-hybridized carbons (Fsp3) is 0.632. The van der Waals surface area contributed by atoms with E-state index < -0.39 is 6.10 Å². The highest BCUT2D eigenvalue weighted by atomic mass is 16.5. The molecule has 2 aliphatic carbocycles. The molecule has 0 aromatic heterocycles. The van der Waals surface area contributed by atoms with Crippen LogP contribution < -0.4 is 4.74 Å². The van der Waals surface area contributed by atoms with E-state index in [9.17, 15) is 15.0 Å².